The van der Waals surface area contributed by atoms with E-state index in [9.17, 15) is 9.59 Å². The molecule has 130 valence electrons. The van der Waals surface area contributed by atoms with Crippen LogP contribution in [0.2, 0.25) is 0 Å². The molecule has 1 aliphatic heterocycles. The van der Waals surface area contributed by atoms with E-state index in [2.05, 4.69) is 15.6 Å². The third kappa shape index (κ3) is 4.20. The Hall–Kier alpha value is -2.34. The summed E-state index contributed by atoms with van der Waals surface area (Å²) in [5, 5.41) is 7.92. The zero-order valence-electron chi connectivity index (χ0n) is 14.3. The maximum Gasteiger partial charge on any atom is 0.240 e. The first-order valence-electron chi connectivity index (χ1n) is 8.39. The average molecular weight is 355 g/mol. The van der Waals surface area contributed by atoms with E-state index in [0.717, 1.165) is 22.9 Å². The van der Waals surface area contributed by atoms with Crippen LogP contribution in [0.1, 0.15) is 26.7 Å². The zero-order valence-corrected chi connectivity index (χ0v) is 15.1. The van der Waals surface area contributed by atoms with Gasteiger partial charge in [0.05, 0.1) is 0 Å². The van der Waals surface area contributed by atoms with Crippen LogP contribution in [0.3, 0.4) is 0 Å². The Balaban J connectivity index is 1.66. The fourth-order valence-electron chi connectivity index (χ4n) is 2.60. The molecule has 1 saturated heterocycles. The van der Waals surface area contributed by atoms with E-state index >= 15 is 0 Å². The molecule has 2 aromatic carbocycles. The largest absolute Gasteiger partial charge is 0.325 e. The van der Waals surface area contributed by atoms with Crippen molar-refractivity contribution in [3.63, 3.8) is 0 Å². The highest BCUT2D eigenvalue weighted by molar-refractivity contribution is 8.15. The number of amides is 2. The van der Waals surface area contributed by atoms with Crippen LogP contribution < -0.4 is 10.6 Å². The van der Waals surface area contributed by atoms with Crippen LogP contribution in [0.4, 0.5) is 5.69 Å². The highest BCUT2D eigenvalue weighted by atomic mass is 32.2. The Labute approximate surface area is 151 Å². The Kier molecular flexibility index (Phi) is 5.38. The van der Waals surface area contributed by atoms with Gasteiger partial charge in [-0.05, 0) is 24.8 Å². The molecule has 5 nitrogen and oxygen atoms in total. The highest BCUT2D eigenvalue weighted by Gasteiger charge is 2.32. The maximum atomic E-state index is 12.4. The lowest BCUT2D eigenvalue weighted by atomic mass is 10.1. The standard InChI is InChI=1S/C19H21N3O2S/c1-3-12(2)20-19-22-18(24)16(25-19)11-17(23)21-15-10-6-8-13-7-4-5-9-14(13)15/h4-10,12,16H,3,11H2,1-2H3,(H,21,23)(H,20,22,24)/t12-,16-/m1/s1. The number of nitrogens with one attached hydrogen (secondary N) is 2. The van der Waals surface area contributed by atoms with Crippen molar-refractivity contribution >= 4 is 45.2 Å². The number of hydrogen-bond acceptors (Lipinski definition) is 4. The smallest absolute Gasteiger partial charge is 0.240 e. The van der Waals surface area contributed by atoms with Gasteiger partial charge in [0.15, 0.2) is 5.17 Å². The second kappa shape index (κ2) is 7.70. The van der Waals surface area contributed by atoms with E-state index in [4.69, 9.17) is 0 Å². The molecule has 2 amide bonds. The molecule has 0 saturated carbocycles. The monoisotopic (exact) mass is 355 g/mol. The molecule has 25 heavy (non-hydrogen) atoms. The molecule has 1 heterocycles. The Morgan fingerprint density at radius 1 is 1.28 bits per heavy atom. The topological polar surface area (TPSA) is 70.6 Å². The molecule has 0 aliphatic carbocycles. The van der Waals surface area contributed by atoms with Gasteiger partial charge in [-0.2, -0.15) is 0 Å². The van der Waals surface area contributed by atoms with Gasteiger partial charge in [-0.25, -0.2) is 0 Å². The van der Waals surface area contributed by atoms with Crippen LogP contribution in [0.15, 0.2) is 47.5 Å². The number of anilines is 1. The molecule has 2 aromatic rings. The van der Waals surface area contributed by atoms with E-state index in [-0.39, 0.29) is 24.3 Å². The van der Waals surface area contributed by atoms with Crippen LogP contribution in [0, 0.1) is 0 Å². The lowest BCUT2D eigenvalue weighted by Gasteiger charge is -2.10. The molecule has 0 aromatic heterocycles. The van der Waals surface area contributed by atoms with E-state index < -0.39 is 5.25 Å². The number of amidine groups is 1. The third-order valence-corrected chi connectivity index (χ3v) is 5.24. The average Bonchev–Trinajstić information content (AvgIpc) is 2.94. The van der Waals surface area contributed by atoms with Gasteiger partial charge in [-0.1, -0.05) is 55.1 Å². The summed E-state index contributed by atoms with van der Waals surface area (Å²) in [4.78, 5) is 28.9. The summed E-state index contributed by atoms with van der Waals surface area (Å²) in [5.41, 5.74) is 0.764. The van der Waals surface area contributed by atoms with Crippen molar-refractivity contribution in [3.05, 3.63) is 42.5 Å². The molecular weight excluding hydrogens is 334 g/mol. The maximum absolute atomic E-state index is 12.4. The van der Waals surface area contributed by atoms with Gasteiger partial charge < -0.3 is 10.6 Å². The van der Waals surface area contributed by atoms with E-state index in [1.165, 1.54) is 11.8 Å². The van der Waals surface area contributed by atoms with E-state index in [1.54, 1.807) is 0 Å². The van der Waals surface area contributed by atoms with Crippen molar-refractivity contribution in [1.82, 2.24) is 5.32 Å². The molecule has 0 spiro atoms. The van der Waals surface area contributed by atoms with Crippen molar-refractivity contribution in [3.8, 4) is 0 Å². The third-order valence-electron chi connectivity index (χ3n) is 4.14. The molecule has 2 N–H and O–H groups in total. The predicted octanol–water partition coefficient (Wildman–Crippen LogP) is 3.55. The van der Waals surface area contributed by atoms with Gasteiger partial charge in [0.25, 0.3) is 0 Å². The summed E-state index contributed by atoms with van der Waals surface area (Å²) in [6.45, 7) is 4.05. The zero-order chi connectivity index (χ0) is 17.8. The molecular formula is C19H21N3O2S. The number of nitrogens with zero attached hydrogens (tertiary/aromatic N) is 1. The number of fused-ring (bicyclic) bond motifs is 1. The van der Waals surface area contributed by atoms with Gasteiger partial charge in [-0.3, -0.25) is 14.6 Å². The van der Waals surface area contributed by atoms with Crippen molar-refractivity contribution in [2.75, 3.05) is 5.32 Å². The summed E-state index contributed by atoms with van der Waals surface area (Å²) in [6, 6.07) is 13.8. The van der Waals surface area contributed by atoms with Gasteiger partial charge >= 0.3 is 0 Å². The van der Waals surface area contributed by atoms with Crippen LogP contribution in [0.25, 0.3) is 10.8 Å². The number of thioether (sulfide) groups is 1. The summed E-state index contributed by atoms with van der Waals surface area (Å²) in [5.74, 6) is -0.325. The van der Waals surface area contributed by atoms with Crippen molar-refractivity contribution in [1.29, 1.82) is 0 Å². The number of hydrogen-bond donors (Lipinski definition) is 2. The van der Waals surface area contributed by atoms with Crippen LogP contribution in [-0.4, -0.2) is 28.3 Å². The first-order valence-corrected chi connectivity index (χ1v) is 9.27. The number of aliphatic imine (C=N–C) groups is 1. The highest BCUT2D eigenvalue weighted by Crippen LogP contribution is 2.26. The summed E-state index contributed by atoms with van der Waals surface area (Å²) in [7, 11) is 0. The molecule has 0 unspecified atom stereocenters. The van der Waals surface area contributed by atoms with Gasteiger partial charge in [0.2, 0.25) is 11.8 Å². The lowest BCUT2D eigenvalue weighted by molar-refractivity contribution is -0.122. The SMILES string of the molecule is CC[C@@H](C)N=C1NC(=O)[C@@H](CC(=O)Nc2cccc3ccccc23)S1. The minimum Gasteiger partial charge on any atom is -0.325 e. The van der Waals surface area contributed by atoms with E-state index in [1.807, 2.05) is 56.3 Å². The van der Waals surface area contributed by atoms with Gasteiger partial charge in [0.1, 0.15) is 5.25 Å². The van der Waals surface area contributed by atoms with Gasteiger partial charge in [0, 0.05) is 23.5 Å². The number of carbonyl (C=O) groups excluding carboxylic acids is 2. The first kappa shape index (κ1) is 17.5. The molecule has 0 bridgehead atoms. The molecule has 0 radical (unpaired) electrons. The van der Waals surface area contributed by atoms with E-state index in [0.29, 0.717) is 5.17 Å². The Bertz CT molecular complexity index is 829. The number of rotatable bonds is 5. The predicted molar refractivity (Wildman–Crippen MR) is 104 cm³/mol. The fraction of sp³-hybridized carbons (Fsp3) is 0.316. The molecule has 1 aliphatic rings. The molecule has 1 fully saturated rings. The quantitative estimate of drug-likeness (QED) is 0.861. The summed E-state index contributed by atoms with van der Waals surface area (Å²) in [6.07, 6.45) is 1.03. The van der Waals surface area contributed by atoms with Crippen molar-refractivity contribution in [2.45, 2.75) is 38.0 Å². The first-order chi connectivity index (χ1) is 12.1. The van der Waals surface area contributed by atoms with Crippen LogP contribution in [-0.2, 0) is 9.59 Å². The molecule has 2 atom stereocenters. The fourth-order valence-corrected chi connectivity index (χ4v) is 3.67. The van der Waals surface area contributed by atoms with Crippen molar-refractivity contribution in [2.24, 2.45) is 4.99 Å². The normalized spacial score (nSPS) is 19.8. The van der Waals surface area contributed by atoms with Crippen LogP contribution >= 0.6 is 11.8 Å². The lowest BCUT2D eigenvalue weighted by Crippen LogP contribution is -2.28. The second-order valence-corrected chi connectivity index (χ2v) is 7.26. The molecule has 6 heteroatoms. The minimum atomic E-state index is -0.433. The number of carbonyl (C=O) groups is 2. The van der Waals surface area contributed by atoms with Gasteiger partial charge in [-0.15, -0.1) is 0 Å². The van der Waals surface area contributed by atoms with Crippen molar-refractivity contribution < 1.29 is 9.59 Å². The Morgan fingerprint density at radius 3 is 2.84 bits per heavy atom. The molecule has 3 rings (SSSR count). The number of benzene rings is 2. The minimum absolute atomic E-state index is 0.124. The second-order valence-electron chi connectivity index (χ2n) is 6.07. The summed E-state index contributed by atoms with van der Waals surface area (Å²) < 4.78 is 0. The Morgan fingerprint density at radius 2 is 2.04 bits per heavy atom. The van der Waals surface area contributed by atoms with Crippen LogP contribution in [0.5, 0.6) is 0 Å². The summed E-state index contributed by atoms with van der Waals surface area (Å²) >= 11 is 1.33.